The molecule has 0 saturated carbocycles. The number of carbonyl (C=O) groups is 2. The van der Waals surface area contributed by atoms with E-state index in [1.165, 1.54) is 25.1 Å². The van der Waals surface area contributed by atoms with Gasteiger partial charge in [0.05, 0.1) is 23.9 Å². The predicted molar refractivity (Wildman–Crippen MR) is 139 cm³/mol. The van der Waals surface area contributed by atoms with Gasteiger partial charge in [-0.25, -0.2) is 8.78 Å². The molecule has 18 heteroatoms. The fraction of sp³-hybridized carbons (Fsp3) is 0.259. The Balaban J connectivity index is 2.13. The molecule has 0 spiro atoms. The zero-order valence-corrected chi connectivity index (χ0v) is 23.3. The number of rotatable bonds is 9. The molecule has 7 nitrogen and oxygen atoms in total. The van der Waals surface area contributed by atoms with E-state index in [0.717, 1.165) is 30.2 Å². The largest absolute Gasteiger partial charge is 0.506 e. The molecule has 0 radical (unpaired) electrons. The van der Waals surface area contributed by atoms with Crippen LogP contribution in [0, 0.1) is 5.82 Å². The van der Waals surface area contributed by atoms with Crippen LogP contribution in [-0.4, -0.2) is 49.5 Å². The molecule has 0 aliphatic rings. The highest BCUT2D eigenvalue weighted by Crippen LogP contribution is 2.55. The molecule has 2 amide bonds. The van der Waals surface area contributed by atoms with Gasteiger partial charge in [-0.3, -0.25) is 9.59 Å². The lowest BCUT2D eigenvalue weighted by molar-refractivity contribution is -0.348. The van der Waals surface area contributed by atoms with Crippen molar-refractivity contribution < 1.29 is 68.1 Å². The standard InChI is InChI=1S/C27H19ClF10N2O5/c1-3-40(23(43)15-11-13(28)7-8-16(15)29)17-6-4-5-14(21(17)44-2)22(42)39-20-18(41)9-12(10-19(20)45-24(30)31)25(32,26(33,34)35)27(36,37)38/h4-11,24,41H,3H2,1-2H3,(H,39,42). The van der Waals surface area contributed by atoms with E-state index < -0.39 is 88.0 Å². The summed E-state index contributed by atoms with van der Waals surface area (Å²) < 4.78 is 144. The molecule has 0 aliphatic carbocycles. The third-order valence-electron chi connectivity index (χ3n) is 6.17. The molecule has 45 heavy (non-hydrogen) atoms. The number of halogens is 11. The van der Waals surface area contributed by atoms with Crippen molar-refractivity contribution in [1.29, 1.82) is 0 Å². The number of benzene rings is 3. The summed E-state index contributed by atoms with van der Waals surface area (Å²) in [5.74, 6) is -7.07. The number of nitrogens with zero attached hydrogens (tertiary/aromatic N) is 1. The molecule has 3 aromatic carbocycles. The summed E-state index contributed by atoms with van der Waals surface area (Å²) in [7, 11) is 1.03. The van der Waals surface area contributed by atoms with Gasteiger partial charge in [0.2, 0.25) is 0 Å². The third kappa shape index (κ3) is 6.82. The van der Waals surface area contributed by atoms with Crippen LogP contribution in [-0.2, 0) is 5.67 Å². The maximum atomic E-state index is 14.6. The lowest BCUT2D eigenvalue weighted by Gasteiger charge is -2.31. The molecule has 244 valence electrons. The SMILES string of the molecule is CCN(C(=O)c1cc(Cl)ccc1F)c1cccc(C(=O)Nc2c(O)cc(C(F)(C(F)(F)F)C(F)(F)F)cc2OC(F)F)c1OC. The highest BCUT2D eigenvalue weighted by atomic mass is 35.5. The first-order valence-corrected chi connectivity index (χ1v) is 12.6. The fourth-order valence-electron chi connectivity index (χ4n) is 4.14. The number of hydrogen-bond donors (Lipinski definition) is 2. The molecule has 0 aromatic heterocycles. The van der Waals surface area contributed by atoms with E-state index in [2.05, 4.69) is 4.74 Å². The molecule has 3 aromatic rings. The third-order valence-corrected chi connectivity index (χ3v) is 6.40. The second kappa shape index (κ2) is 12.9. The number of phenols is 1. The van der Waals surface area contributed by atoms with Gasteiger partial charge in [-0.1, -0.05) is 17.7 Å². The zero-order chi connectivity index (χ0) is 34.1. The van der Waals surface area contributed by atoms with Crippen LogP contribution < -0.4 is 19.7 Å². The van der Waals surface area contributed by atoms with Crippen molar-refractivity contribution >= 4 is 34.8 Å². The molecule has 0 atom stereocenters. The van der Waals surface area contributed by atoms with Crippen LogP contribution in [0.3, 0.4) is 0 Å². The summed E-state index contributed by atoms with van der Waals surface area (Å²) in [5, 5.41) is 12.1. The van der Waals surface area contributed by atoms with Crippen LogP contribution in [0.4, 0.5) is 55.3 Å². The van der Waals surface area contributed by atoms with E-state index >= 15 is 0 Å². The maximum absolute atomic E-state index is 14.6. The predicted octanol–water partition coefficient (Wildman–Crippen LogP) is 8.00. The van der Waals surface area contributed by atoms with Gasteiger partial charge >= 0.3 is 24.6 Å². The number of nitrogens with one attached hydrogen (secondary N) is 1. The Morgan fingerprint density at radius 1 is 0.978 bits per heavy atom. The van der Waals surface area contributed by atoms with Gasteiger partial charge in [-0.05, 0) is 49.4 Å². The Bertz CT molecular complexity index is 1580. The molecule has 3 rings (SSSR count). The van der Waals surface area contributed by atoms with Gasteiger partial charge in [-0.15, -0.1) is 0 Å². The van der Waals surface area contributed by atoms with Crippen molar-refractivity contribution in [1.82, 2.24) is 0 Å². The van der Waals surface area contributed by atoms with E-state index in [-0.39, 0.29) is 23.3 Å². The van der Waals surface area contributed by atoms with Gasteiger partial charge < -0.3 is 24.8 Å². The number of anilines is 2. The Morgan fingerprint density at radius 3 is 2.13 bits per heavy atom. The highest BCUT2D eigenvalue weighted by Gasteiger charge is 2.73. The zero-order valence-electron chi connectivity index (χ0n) is 22.6. The summed E-state index contributed by atoms with van der Waals surface area (Å²) in [6.07, 6.45) is -13.3. The summed E-state index contributed by atoms with van der Waals surface area (Å²) in [5.41, 5.74) is -10.9. The molecular formula is C27H19ClF10N2O5. The number of ether oxygens (including phenoxy) is 2. The van der Waals surface area contributed by atoms with Crippen LogP contribution in [0.5, 0.6) is 17.2 Å². The van der Waals surface area contributed by atoms with E-state index in [4.69, 9.17) is 16.3 Å². The van der Waals surface area contributed by atoms with E-state index in [0.29, 0.717) is 0 Å². The first-order valence-electron chi connectivity index (χ1n) is 12.2. The number of amides is 2. The second-order valence-corrected chi connectivity index (χ2v) is 9.32. The van der Waals surface area contributed by atoms with Crippen LogP contribution in [0.1, 0.15) is 33.2 Å². The number of hydrogen-bond acceptors (Lipinski definition) is 5. The van der Waals surface area contributed by atoms with E-state index in [9.17, 15) is 58.6 Å². The summed E-state index contributed by atoms with van der Waals surface area (Å²) in [4.78, 5) is 27.4. The number of methoxy groups -OCH3 is 1. The van der Waals surface area contributed by atoms with Crippen LogP contribution in [0.2, 0.25) is 5.02 Å². The fourth-order valence-corrected chi connectivity index (χ4v) is 4.32. The van der Waals surface area contributed by atoms with Crippen molar-refractivity contribution in [3.05, 3.63) is 76.1 Å². The van der Waals surface area contributed by atoms with Crippen molar-refractivity contribution in [3.63, 3.8) is 0 Å². The molecule has 2 N–H and O–H groups in total. The topological polar surface area (TPSA) is 88.1 Å². The molecule has 0 fully saturated rings. The average molecular weight is 677 g/mol. The number of aromatic hydroxyl groups is 1. The van der Waals surface area contributed by atoms with Crippen molar-refractivity contribution in [2.75, 3.05) is 23.9 Å². The Morgan fingerprint density at radius 2 is 1.60 bits per heavy atom. The lowest BCUT2D eigenvalue weighted by Crippen LogP contribution is -2.50. The van der Waals surface area contributed by atoms with E-state index in [1.54, 1.807) is 5.32 Å². The van der Waals surface area contributed by atoms with E-state index in [1.807, 2.05) is 0 Å². The first-order chi connectivity index (χ1) is 20.8. The number of alkyl halides is 9. The van der Waals surface area contributed by atoms with Gasteiger partial charge in [0.15, 0.2) is 11.5 Å². The minimum atomic E-state index is -6.67. The van der Waals surface area contributed by atoms with Gasteiger partial charge in [0, 0.05) is 17.1 Å². The molecule has 0 unspecified atom stereocenters. The van der Waals surface area contributed by atoms with Crippen molar-refractivity contribution in [2.45, 2.75) is 31.6 Å². The number of carbonyl (C=O) groups excluding carboxylic acids is 2. The second-order valence-electron chi connectivity index (χ2n) is 8.89. The molecule has 0 bridgehead atoms. The monoisotopic (exact) mass is 676 g/mol. The number of para-hydroxylation sites is 1. The summed E-state index contributed by atoms with van der Waals surface area (Å²) in [6.45, 7) is -2.62. The summed E-state index contributed by atoms with van der Waals surface area (Å²) in [6, 6.07) is 5.83. The summed E-state index contributed by atoms with van der Waals surface area (Å²) >= 11 is 5.87. The van der Waals surface area contributed by atoms with Gasteiger partial charge in [0.1, 0.15) is 17.3 Å². The minimum absolute atomic E-state index is 0.0130. The molecular weight excluding hydrogens is 658 g/mol. The van der Waals surface area contributed by atoms with Crippen LogP contribution in [0.25, 0.3) is 0 Å². The normalized spacial score (nSPS) is 12.2. The van der Waals surface area contributed by atoms with Crippen LogP contribution >= 0.6 is 11.6 Å². The van der Waals surface area contributed by atoms with Crippen molar-refractivity contribution in [2.24, 2.45) is 0 Å². The number of phenolic OH excluding ortho intramolecular Hbond substituents is 1. The Kier molecular flexibility index (Phi) is 10.1. The minimum Gasteiger partial charge on any atom is -0.506 e. The quantitative estimate of drug-likeness (QED) is 0.177. The molecule has 0 aliphatic heterocycles. The Hall–Kier alpha value is -4.41. The highest BCUT2D eigenvalue weighted by molar-refractivity contribution is 6.31. The van der Waals surface area contributed by atoms with Crippen LogP contribution in [0.15, 0.2) is 48.5 Å². The van der Waals surface area contributed by atoms with Crippen molar-refractivity contribution in [3.8, 4) is 17.2 Å². The van der Waals surface area contributed by atoms with Gasteiger partial charge in [0.25, 0.3) is 11.8 Å². The maximum Gasteiger partial charge on any atom is 0.435 e. The Labute approximate surface area is 251 Å². The van der Waals surface area contributed by atoms with Gasteiger partial charge in [-0.2, -0.15) is 35.1 Å². The smallest absolute Gasteiger partial charge is 0.435 e. The molecule has 0 heterocycles. The average Bonchev–Trinajstić information content (AvgIpc) is 2.94. The molecule has 0 saturated heterocycles. The first kappa shape index (κ1) is 35.1. The lowest BCUT2D eigenvalue weighted by atomic mass is 9.93.